The van der Waals surface area contributed by atoms with E-state index >= 15 is 0 Å². The molecule has 0 unspecified atom stereocenters. The van der Waals surface area contributed by atoms with Gasteiger partial charge in [-0.2, -0.15) is 0 Å². The lowest BCUT2D eigenvalue weighted by Crippen LogP contribution is -2.28. The molecular formula is C30H40N2O5. The first-order valence-electron chi connectivity index (χ1n) is 14.3. The van der Waals surface area contributed by atoms with Crippen LogP contribution in [-0.2, 0) is 22.4 Å². The molecule has 200 valence electrons. The van der Waals surface area contributed by atoms with Gasteiger partial charge in [-0.25, -0.2) is 4.98 Å². The van der Waals surface area contributed by atoms with E-state index in [4.69, 9.17) is 14.3 Å². The average Bonchev–Trinajstić information content (AvgIpc) is 3.65. The molecule has 0 radical (unpaired) electrons. The Bertz CT molecular complexity index is 1060. The first kappa shape index (κ1) is 26.0. The van der Waals surface area contributed by atoms with E-state index in [-0.39, 0.29) is 36.4 Å². The average molecular weight is 509 g/mol. The Kier molecular flexibility index (Phi) is 8.59. The Hall–Kier alpha value is -2.67. The van der Waals surface area contributed by atoms with E-state index in [0.29, 0.717) is 24.6 Å². The summed E-state index contributed by atoms with van der Waals surface area (Å²) in [5, 5.41) is 12.0. The van der Waals surface area contributed by atoms with Crippen molar-refractivity contribution in [2.75, 3.05) is 6.54 Å². The van der Waals surface area contributed by atoms with Gasteiger partial charge in [0.25, 0.3) is 5.91 Å². The first-order valence-corrected chi connectivity index (χ1v) is 14.3. The van der Waals surface area contributed by atoms with Crippen molar-refractivity contribution in [2.24, 2.45) is 11.8 Å². The smallest absolute Gasteiger partial charge is 0.303 e. The van der Waals surface area contributed by atoms with E-state index in [1.807, 2.05) is 12.1 Å². The third-order valence-electron chi connectivity index (χ3n) is 8.60. The summed E-state index contributed by atoms with van der Waals surface area (Å²) >= 11 is 0. The van der Waals surface area contributed by atoms with Crippen molar-refractivity contribution in [1.29, 1.82) is 0 Å². The predicted molar refractivity (Wildman–Crippen MR) is 139 cm³/mol. The van der Waals surface area contributed by atoms with Gasteiger partial charge in [0.15, 0.2) is 5.69 Å². The first-order chi connectivity index (χ1) is 18.1. The normalized spacial score (nSPS) is 25.4. The van der Waals surface area contributed by atoms with Crippen molar-refractivity contribution in [3.05, 3.63) is 53.2 Å². The van der Waals surface area contributed by atoms with Gasteiger partial charge in [-0.1, -0.05) is 69.2 Å². The fraction of sp³-hybridized carbons (Fsp3) is 0.633. The van der Waals surface area contributed by atoms with Crippen LogP contribution in [0.25, 0.3) is 0 Å². The zero-order chi connectivity index (χ0) is 25.6. The molecule has 2 bridgehead atoms. The molecule has 2 aromatic rings. The summed E-state index contributed by atoms with van der Waals surface area (Å²) in [7, 11) is 0. The van der Waals surface area contributed by atoms with E-state index in [9.17, 15) is 9.59 Å². The summed E-state index contributed by atoms with van der Waals surface area (Å²) in [4.78, 5) is 28.3. The number of carboxylic acids is 1. The molecule has 7 nitrogen and oxygen atoms in total. The van der Waals surface area contributed by atoms with E-state index in [2.05, 4.69) is 22.4 Å². The highest BCUT2D eigenvalue weighted by molar-refractivity contribution is 5.91. The van der Waals surface area contributed by atoms with Crippen LogP contribution in [0, 0.1) is 11.8 Å². The van der Waals surface area contributed by atoms with Crippen molar-refractivity contribution in [3.8, 4) is 0 Å². The topological polar surface area (TPSA) is 102 Å². The summed E-state index contributed by atoms with van der Waals surface area (Å²) in [6.45, 7) is 0.672. The largest absolute Gasteiger partial charge is 0.481 e. The molecule has 1 amide bonds. The minimum Gasteiger partial charge on any atom is -0.481 e. The lowest BCUT2D eigenvalue weighted by molar-refractivity contribution is -0.136. The van der Waals surface area contributed by atoms with Crippen molar-refractivity contribution in [2.45, 2.75) is 102 Å². The Morgan fingerprint density at radius 2 is 1.84 bits per heavy atom. The van der Waals surface area contributed by atoms with E-state index < -0.39 is 5.97 Å². The third kappa shape index (κ3) is 6.61. The molecule has 1 aromatic heterocycles. The highest BCUT2D eigenvalue weighted by atomic mass is 16.5. The molecule has 3 heterocycles. The fourth-order valence-corrected chi connectivity index (χ4v) is 6.68. The second kappa shape index (κ2) is 12.2. The molecule has 0 spiro atoms. The number of fused-ring (bicyclic) bond motifs is 2. The van der Waals surface area contributed by atoms with E-state index in [1.165, 1.54) is 50.4 Å². The number of oxazole rings is 1. The molecule has 1 aliphatic carbocycles. The number of nitrogens with one attached hydrogen (secondary N) is 1. The number of amides is 1. The van der Waals surface area contributed by atoms with Gasteiger partial charge < -0.3 is 19.6 Å². The molecule has 3 fully saturated rings. The number of carbonyl (C=O) groups excluding carboxylic acids is 1. The molecule has 3 aliphatic rings. The Morgan fingerprint density at radius 3 is 2.68 bits per heavy atom. The number of carboxylic acid groups (broad SMARTS) is 1. The van der Waals surface area contributed by atoms with Crippen LogP contribution in [0.3, 0.4) is 0 Å². The van der Waals surface area contributed by atoms with Crippen molar-refractivity contribution in [1.82, 2.24) is 10.3 Å². The maximum Gasteiger partial charge on any atom is 0.303 e. The van der Waals surface area contributed by atoms with Gasteiger partial charge in [0.2, 0.25) is 5.89 Å². The number of hydrogen-bond donors (Lipinski definition) is 2. The molecule has 7 heteroatoms. The monoisotopic (exact) mass is 508 g/mol. The van der Waals surface area contributed by atoms with Crippen molar-refractivity contribution >= 4 is 11.9 Å². The molecule has 4 atom stereocenters. The van der Waals surface area contributed by atoms with Crippen LogP contribution in [0.4, 0.5) is 0 Å². The zero-order valence-corrected chi connectivity index (χ0v) is 21.7. The van der Waals surface area contributed by atoms with Gasteiger partial charge in [-0.3, -0.25) is 9.59 Å². The number of benzene rings is 1. The molecule has 2 saturated heterocycles. The quantitative estimate of drug-likeness (QED) is 0.358. The number of nitrogens with zero attached hydrogens (tertiary/aromatic N) is 1. The number of ether oxygens (including phenoxy) is 1. The summed E-state index contributed by atoms with van der Waals surface area (Å²) in [6, 6.07) is 8.18. The highest BCUT2D eigenvalue weighted by Crippen LogP contribution is 2.49. The van der Waals surface area contributed by atoms with Crippen LogP contribution >= 0.6 is 0 Å². The van der Waals surface area contributed by atoms with Gasteiger partial charge in [0, 0.05) is 18.9 Å². The Morgan fingerprint density at radius 1 is 1.03 bits per heavy atom. The maximum absolute atomic E-state index is 12.7. The summed E-state index contributed by atoms with van der Waals surface area (Å²) < 4.78 is 12.1. The zero-order valence-electron chi connectivity index (χ0n) is 21.7. The van der Waals surface area contributed by atoms with Gasteiger partial charge >= 0.3 is 5.97 Å². The number of aliphatic carboxylic acids is 1. The summed E-state index contributed by atoms with van der Waals surface area (Å²) in [5.41, 5.74) is 2.56. The SMILES string of the molecule is O=C(O)CCc1cccc(C[C@@H]2[C@H](c3nc(C(=O)NCCCCC4CCCCC4)co3)[C@H]3CC[C@@H]2O3)c1. The van der Waals surface area contributed by atoms with Gasteiger partial charge in [0.05, 0.1) is 18.1 Å². The van der Waals surface area contributed by atoms with E-state index in [0.717, 1.165) is 43.6 Å². The minimum absolute atomic E-state index is 0.0264. The fourth-order valence-electron chi connectivity index (χ4n) is 6.68. The molecule has 1 aromatic carbocycles. The van der Waals surface area contributed by atoms with E-state index in [1.54, 1.807) is 0 Å². The molecule has 5 rings (SSSR count). The number of hydrogen-bond acceptors (Lipinski definition) is 5. The van der Waals surface area contributed by atoms with Gasteiger partial charge in [-0.05, 0) is 49.1 Å². The molecule has 2 N–H and O–H groups in total. The predicted octanol–water partition coefficient (Wildman–Crippen LogP) is 5.68. The standard InChI is InChI=1S/C30H40N2O5/c33-27(34)15-12-21-10-6-11-22(17-21)18-23-25-13-14-26(37-25)28(23)30-32-24(19-36-30)29(35)31-16-5-4-9-20-7-2-1-3-8-20/h6,10-11,17,19-20,23,25-26,28H,1-5,7-9,12-16,18H2,(H,31,35)(H,33,34)/t23-,25-,26+,28-/m0/s1. The van der Waals surface area contributed by atoms with Crippen LogP contribution in [-0.4, -0.2) is 40.7 Å². The lowest BCUT2D eigenvalue weighted by atomic mass is 9.76. The van der Waals surface area contributed by atoms with Crippen molar-refractivity contribution in [3.63, 3.8) is 0 Å². The number of rotatable bonds is 12. The number of aromatic nitrogens is 1. The Balaban J connectivity index is 1.15. The van der Waals surface area contributed by atoms with Crippen LogP contribution in [0.5, 0.6) is 0 Å². The third-order valence-corrected chi connectivity index (χ3v) is 8.60. The molecular weight excluding hydrogens is 468 g/mol. The summed E-state index contributed by atoms with van der Waals surface area (Å²) in [6.07, 6.45) is 15.5. The molecule has 37 heavy (non-hydrogen) atoms. The summed E-state index contributed by atoms with van der Waals surface area (Å²) in [5.74, 6) is 0.782. The van der Waals surface area contributed by atoms with Gasteiger partial charge in [0.1, 0.15) is 6.26 Å². The number of unbranched alkanes of at least 4 members (excludes halogenated alkanes) is 1. The second-order valence-corrected chi connectivity index (χ2v) is 11.2. The highest BCUT2D eigenvalue weighted by Gasteiger charge is 2.51. The maximum atomic E-state index is 12.7. The molecule has 1 saturated carbocycles. The van der Waals surface area contributed by atoms with Gasteiger partial charge in [-0.15, -0.1) is 0 Å². The molecule has 2 aliphatic heterocycles. The Labute approximate surface area is 219 Å². The lowest BCUT2D eigenvalue weighted by Gasteiger charge is -2.26. The second-order valence-electron chi connectivity index (χ2n) is 11.2. The van der Waals surface area contributed by atoms with Crippen LogP contribution in [0.15, 0.2) is 34.9 Å². The number of aryl methyl sites for hydroxylation is 1. The van der Waals surface area contributed by atoms with Crippen LogP contribution in [0.1, 0.15) is 104 Å². The number of carbonyl (C=O) groups is 2. The van der Waals surface area contributed by atoms with Crippen molar-refractivity contribution < 1.29 is 23.8 Å². The van der Waals surface area contributed by atoms with Crippen LogP contribution in [0.2, 0.25) is 0 Å². The van der Waals surface area contributed by atoms with Crippen LogP contribution < -0.4 is 5.32 Å². The minimum atomic E-state index is -0.782.